The number of nitrogens with one attached hydrogen (secondary N) is 1. The molecule has 2 N–H and O–H groups in total. The maximum Gasteiger partial charge on any atom is 0.259 e. The Hall–Kier alpha value is -4.76. The Balaban J connectivity index is 1.48. The van der Waals surface area contributed by atoms with Crippen molar-refractivity contribution in [2.75, 3.05) is 26.8 Å². The average molecular weight is 603 g/mol. The van der Waals surface area contributed by atoms with E-state index in [-0.39, 0.29) is 35.1 Å². The van der Waals surface area contributed by atoms with Crippen LogP contribution in [0.3, 0.4) is 0 Å². The van der Waals surface area contributed by atoms with Crippen LogP contribution in [0.5, 0.6) is 28.7 Å². The fraction of sp³-hybridized carbons (Fsp3) is 0.212. The van der Waals surface area contributed by atoms with Crippen LogP contribution in [-0.4, -0.2) is 48.6 Å². The van der Waals surface area contributed by atoms with E-state index in [0.717, 1.165) is 16.7 Å². The average Bonchev–Trinajstić information content (AvgIpc) is 3.00. The molecule has 4 aromatic carbocycles. The lowest BCUT2D eigenvalue weighted by molar-refractivity contribution is 0.0689. The molecular formula is C33H28ClFN2O6. The van der Waals surface area contributed by atoms with Gasteiger partial charge < -0.3 is 29.5 Å². The summed E-state index contributed by atoms with van der Waals surface area (Å²) in [7, 11) is 1.54. The Labute approximate surface area is 252 Å². The van der Waals surface area contributed by atoms with Gasteiger partial charge in [0.25, 0.3) is 11.8 Å². The molecule has 4 aromatic rings. The molecule has 3 aliphatic rings. The van der Waals surface area contributed by atoms with E-state index in [1.807, 2.05) is 24.3 Å². The molecule has 1 atom stereocenters. The number of aromatic hydroxyl groups is 1. The van der Waals surface area contributed by atoms with Crippen LogP contribution in [0.2, 0.25) is 5.02 Å². The Morgan fingerprint density at radius 3 is 2.72 bits per heavy atom. The topological polar surface area (TPSA) is 97.3 Å². The van der Waals surface area contributed by atoms with Gasteiger partial charge in [0, 0.05) is 13.1 Å². The highest BCUT2D eigenvalue weighted by atomic mass is 35.5. The van der Waals surface area contributed by atoms with Crippen LogP contribution < -0.4 is 19.5 Å². The lowest BCUT2D eigenvalue weighted by Gasteiger charge is -2.38. The summed E-state index contributed by atoms with van der Waals surface area (Å²) in [6.07, 6.45) is 0.949. The molecule has 8 nitrogen and oxygen atoms in total. The molecule has 0 saturated carbocycles. The Morgan fingerprint density at radius 1 is 1.09 bits per heavy atom. The molecule has 0 radical (unpaired) electrons. The zero-order chi connectivity index (χ0) is 30.1. The zero-order valence-electron chi connectivity index (χ0n) is 23.2. The second kappa shape index (κ2) is 11.9. The number of carbonyl (C=O) groups excluding carboxylic acids is 2. The van der Waals surface area contributed by atoms with Crippen LogP contribution in [-0.2, 0) is 6.42 Å². The fourth-order valence-electron chi connectivity index (χ4n) is 5.51. The van der Waals surface area contributed by atoms with Gasteiger partial charge in [-0.25, -0.2) is 4.39 Å². The number of hydrogen-bond acceptors (Lipinski definition) is 6. The van der Waals surface area contributed by atoms with Crippen molar-refractivity contribution < 1.29 is 33.3 Å². The van der Waals surface area contributed by atoms with Crippen molar-refractivity contribution in [2.24, 2.45) is 0 Å². The van der Waals surface area contributed by atoms with Gasteiger partial charge in [0.2, 0.25) is 0 Å². The molecule has 0 fully saturated rings. The minimum Gasteiger partial charge on any atom is -0.507 e. The van der Waals surface area contributed by atoms with E-state index in [4.69, 9.17) is 25.8 Å². The van der Waals surface area contributed by atoms with E-state index in [1.165, 1.54) is 37.4 Å². The van der Waals surface area contributed by atoms with Crippen LogP contribution in [0, 0.1) is 5.82 Å². The summed E-state index contributed by atoms with van der Waals surface area (Å²) in [5.41, 5.74) is 2.42. The number of nitrogens with zero attached hydrogens (tertiary/aromatic N) is 1. The normalized spacial score (nSPS) is 16.3. The van der Waals surface area contributed by atoms with Gasteiger partial charge in [0.05, 0.1) is 35.9 Å². The van der Waals surface area contributed by atoms with Gasteiger partial charge in [-0.15, -0.1) is 0 Å². The van der Waals surface area contributed by atoms with Crippen LogP contribution in [0.15, 0.2) is 72.8 Å². The smallest absolute Gasteiger partial charge is 0.259 e. The van der Waals surface area contributed by atoms with Crippen molar-refractivity contribution in [3.05, 3.63) is 111 Å². The standard InChI is InChI=1S/C33H28ClFN2O6/c1-41-28-11-6-20-17-29(28)42-15-3-13-36-32(39)24-18-22(8-10-27(24)38)43-21-7-9-23-19(16-21)12-14-37(31(20)23)33(40)30-25(34)4-2-5-26(30)35/h2,4-11,16-18,31,38H,3,12-15H2,1H3,(H,36,39). The molecule has 0 spiro atoms. The number of hydrogen-bond donors (Lipinski definition) is 2. The highest BCUT2D eigenvalue weighted by Crippen LogP contribution is 2.42. The summed E-state index contributed by atoms with van der Waals surface area (Å²) >= 11 is 6.32. The molecule has 220 valence electrons. The summed E-state index contributed by atoms with van der Waals surface area (Å²) in [6.45, 7) is 0.841. The summed E-state index contributed by atoms with van der Waals surface area (Å²) in [5.74, 6) is 0.0525. The lowest BCUT2D eigenvalue weighted by Crippen LogP contribution is -2.41. The summed E-state index contributed by atoms with van der Waals surface area (Å²) < 4.78 is 32.6. The first kappa shape index (κ1) is 28.4. The predicted octanol–water partition coefficient (Wildman–Crippen LogP) is 6.29. The van der Waals surface area contributed by atoms with Gasteiger partial charge in [-0.05, 0) is 84.1 Å². The van der Waals surface area contributed by atoms with E-state index >= 15 is 0 Å². The van der Waals surface area contributed by atoms with Crippen molar-refractivity contribution in [2.45, 2.75) is 18.9 Å². The number of carbonyl (C=O) groups is 2. The van der Waals surface area contributed by atoms with Gasteiger partial charge in [-0.2, -0.15) is 0 Å². The highest BCUT2D eigenvalue weighted by molar-refractivity contribution is 6.33. The molecule has 43 heavy (non-hydrogen) atoms. The summed E-state index contributed by atoms with van der Waals surface area (Å²) in [6, 6.07) is 19.1. The van der Waals surface area contributed by atoms with Gasteiger partial charge in [0.1, 0.15) is 23.1 Å². The highest BCUT2D eigenvalue weighted by Gasteiger charge is 2.35. The number of fused-ring (bicyclic) bond motifs is 6. The summed E-state index contributed by atoms with van der Waals surface area (Å²) in [4.78, 5) is 28.3. The number of halogens is 2. The lowest BCUT2D eigenvalue weighted by atomic mass is 9.87. The second-order valence-corrected chi connectivity index (χ2v) is 10.7. The molecular weight excluding hydrogens is 575 g/mol. The first-order valence-corrected chi connectivity index (χ1v) is 14.2. The van der Waals surface area contributed by atoms with E-state index in [2.05, 4.69) is 5.32 Å². The maximum atomic E-state index is 14.9. The molecule has 2 amide bonds. The van der Waals surface area contributed by atoms with Gasteiger partial charge in [-0.1, -0.05) is 29.8 Å². The third-order valence-electron chi connectivity index (χ3n) is 7.60. The molecule has 1 unspecified atom stereocenters. The first-order valence-electron chi connectivity index (χ1n) is 13.8. The molecule has 0 saturated heterocycles. The van der Waals surface area contributed by atoms with E-state index in [0.29, 0.717) is 42.4 Å². The Morgan fingerprint density at radius 2 is 1.91 bits per heavy atom. The number of amides is 2. The molecule has 3 aliphatic heterocycles. The monoisotopic (exact) mass is 602 g/mol. The van der Waals surface area contributed by atoms with Crippen LogP contribution in [0.25, 0.3) is 0 Å². The third kappa shape index (κ3) is 5.56. The third-order valence-corrected chi connectivity index (χ3v) is 7.91. The predicted molar refractivity (Wildman–Crippen MR) is 158 cm³/mol. The minimum atomic E-state index is -0.689. The van der Waals surface area contributed by atoms with E-state index in [9.17, 15) is 19.1 Å². The zero-order valence-corrected chi connectivity index (χ0v) is 24.0. The molecule has 0 aromatic heterocycles. The fourth-order valence-corrected chi connectivity index (χ4v) is 5.76. The number of phenols is 1. The number of phenolic OH excluding ortho intramolecular Hbond substituents is 1. The van der Waals surface area contributed by atoms with Gasteiger partial charge in [0.15, 0.2) is 11.5 Å². The number of rotatable bonds is 2. The van der Waals surface area contributed by atoms with Gasteiger partial charge >= 0.3 is 0 Å². The molecule has 3 heterocycles. The number of ether oxygens (including phenoxy) is 3. The molecule has 8 bridgehead atoms. The largest absolute Gasteiger partial charge is 0.507 e. The molecule has 7 rings (SSSR count). The Bertz CT molecular complexity index is 1710. The van der Waals surface area contributed by atoms with Crippen molar-refractivity contribution >= 4 is 23.4 Å². The first-order chi connectivity index (χ1) is 20.8. The van der Waals surface area contributed by atoms with E-state index in [1.54, 1.807) is 23.1 Å². The maximum absolute atomic E-state index is 14.9. The van der Waals surface area contributed by atoms with Crippen LogP contribution >= 0.6 is 11.6 Å². The minimum absolute atomic E-state index is 0.0406. The SMILES string of the molecule is COc1ccc2cc1OCCCNC(=O)c1cc(ccc1O)Oc1ccc3c(c1)CCN(C(=O)c1c(F)cccc1Cl)C23. The number of methoxy groups -OCH3 is 1. The Kier molecular flexibility index (Phi) is 7.82. The van der Waals surface area contributed by atoms with Gasteiger partial charge in [-0.3, -0.25) is 9.59 Å². The quantitative estimate of drug-likeness (QED) is 0.280. The van der Waals surface area contributed by atoms with Crippen molar-refractivity contribution in [3.8, 4) is 28.7 Å². The van der Waals surface area contributed by atoms with Crippen molar-refractivity contribution in [1.29, 1.82) is 0 Å². The van der Waals surface area contributed by atoms with Crippen LogP contribution in [0.4, 0.5) is 4.39 Å². The summed E-state index contributed by atoms with van der Waals surface area (Å²) in [5, 5.41) is 13.1. The van der Waals surface area contributed by atoms with Crippen molar-refractivity contribution in [3.63, 3.8) is 0 Å². The second-order valence-electron chi connectivity index (χ2n) is 10.3. The molecule has 10 heteroatoms. The molecule has 0 aliphatic carbocycles. The number of benzene rings is 4. The van der Waals surface area contributed by atoms with Crippen LogP contribution in [0.1, 0.15) is 49.9 Å². The van der Waals surface area contributed by atoms with Crippen molar-refractivity contribution in [1.82, 2.24) is 10.2 Å². The van der Waals surface area contributed by atoms with E-state index < -0.39 is 23.7 Å².